The van der Waals surface area contributed by atoms with Gasteiger partial charge in [-0.25, -0.2) is 0 Å². The van der Waals surface area contributed by atoms with E-state index in [-0.39, 0.29) is 10.7 Å². The molecule has 1 unspecified atom stereocenters. The first-order valence-electron chi connectivity index (χ1n) is 6.30. The van der Waals surface area contributed by atoms with Crippen LogP contribution in [0.3, 0.4) is 0 Å². The van der Waals surface area contributed by atoms with Crippen molar-refractivity contribution in [3.63, 3.8) is 0 Å². The molecule has 0 bridgehead atoms. The summed E-state index contributed by atoms with van der Waals surface area (Å²) >= 11 is 1.24. The Hall–Kier alpha value is -1.16. The van der Waals surface area contributed by atoms with Gasteiger partial charge in [-0.05, 0) is 38.1 Å². The number of hydrogen-bond donors (Lipinski definition) is 0. The highest BCUT2D eigenvalue weighted by Crippen LogP contribution is 2.22. The normalized spacial score (nSPS) is 11.9. The van der Waals surface area contributed by atoms with Crippen LogP contribution in [0, 0.1) is 6.07 Å². The molecule has 1 radical (unpaired) electrons. The summed E-state index contributed by atoms with van der Waals surface area (Å²) in [7, 11) is 0. The number of para-hydroxylation sites is 1. The molecule has 1 rings (SSSR count). The summed E-state index contributed by atoms with van der Waals surface area (Å²) in [5.74, 6) is 0.684. The van der Waals surface area contributed by atoms with Crippen molar-refractivity contribution in [1.82, 2.24) is 4.90 Å². The van der Waals surface area contributed by atoms with E-state index in [0.717, 1.165) is 19.5 Å². The average molecular weight is 266 g/mol. The molecule has 0 aromatic heterocycles. The van der Waals surface area contributed by atoms with Crippen molar-refractivity contribution in [1.29, 1.82) is 0 Å². The Labute approximate surface area is 114 Å². The highest BCUT2D eigenvalue weighted by molar-refractivity contribution is 8.13. The smallest absolute Gasteiger partial charge is 0.285 e. The summed E-state index contributed by atoms with van der Waals surface area (Å²) in [5, 5.41) is 0.0720. The van der Waals surface area contributed by atoms with Gasteiger partial charge in [-0.2, -0.15) is 0 Å². The molecule has 0 aliphatic carbocycles. The number of nitrogens with zero attached hydrogens (tertiary/aromatic N) is 1. The minimum atomic E-state index is -0.156. The number of hydrogen-bond acceptors (Lipinski definition) is 3. The lowest BCUT2D eigenvalue weighted by Gasteiger charge is -2.22. The van der Waals surface area contributed by atoms with Crippen LogP contribution in [0.5, 0.6) is 5.75 Å². The van der Waals surface area contributed by atoms with Gasteiger partial charge in [0, 0.05) is 19.2 Å². The Morgan fingerprint density at radius 1 is 1.39 bits per heavy atom. The van der Waals surface area contributed by atoms with E-state index in [1.165, 1.54) is 11.8 Å². The van der Waals surface area contributed by atoms with Crippen LogP contribution in [0.2, 0.25) is 0 Å². The Balaban J connectivity index is 2.54. The first-order valence-corrected chi connectivity index (χ1v) is 7.18. The number of thioether (sulfide) groups is 1. The summed E-state index contributed by atoms with van der Waals surface area (Å²) in [6.07, 6.45) is 0.778. The first-order chi connectivity index (χ1) is 8.71. The van der Waals surface area contributed by atoms with E-state index in [2.05, 4.69) is 6.07 Å². The molecule has 1 aromatic carbocycles. The molecule has 18 heavy (non-hydrogen) atoms. The zero-order chi connectivity index (χ0) is 13.4. The standard InChI is InChI=1S/C14H20NO2S/c1-4-13(17-12-10-8-7-9-11-12)18-14(16)15(5-2)6-3/h7-10,13H,4-6H2,1-3H3. The van der Waals surface area contributed by atoms with E-state index in [0.29, 0.717) is 5.75 Å². The number of amides is 1. The largest absolute Gasteiger partial charge is 0.479 e. The van der Waals surface area contributed by atoms with Crippen molar-refractivity contribution in [2.75, 3.05) is 13.1 Å². The maximum absolute atomic E-state index is 12.0. The quantitative estimate of drug-likeness (QED) is 0.734. The van der Waals surface area contributed by atoms with Crippen molar-refractivity contribution < 1.29 is 9.53 Å². The van der Waals surface area contributed by atoms with E-state index in [1.807, 2.05) is 39.0 Å². The van der Waals surface area contributed by atoms with Gasteiger partial charge >= 0.3 is 0 Å². The second-order valence-electron chi connectivity index (χ2n) is 3.74. The van der Waals surface area contributed by atoms with Crippen molar-refractivity contribution in [3.05, 3.63) is 30.3 Å². The van der Waals surface area contributed by atoms with Crippen molar-refractivity contribution in [2.24, 2.45) is 0 Å². The fourth-order valence-corrected chi connectivity index (χ4v) is 2.40. The van der Waals surface area contributed by atoms with Crippen LogP contribution in [0.4, 0.5) is 4.79 Å². The molecule has 3 nitrogen and oxygen atoms in total. The number of rotatable bonds is 6. The van der Waals surface area contributed by atoms with E-state index in [1.54, 1.807) is 11.0 Å². The Morgan fingerprint density at radius 3 is 2.61 bits per heavy atom. The number of carbonyl (C=O) groups is 1. The number of benzene rings is 1. The summed E-state index contributed by atoms with van der Waals surface area (Å²) < 4.78 is 5.73. The number of carbonyl (C=O) groups excluding carboxylic acids is 1. The van der Waals surface area contributed by atoms with Crippen LogP contribution < -0.4 is 4.74 Å². The summed E-state index contributed by atoms with van der Waals surface area (Å²) in [6.45, 7) is 7.44. The van der Waals surface area contributed by atoms with Crippen LogP contribution in [-0.4, -0.2) is 28.7 Å². The molecule has 1 aromatic rings. The predicted octanol–water partition coefficient (Wildman–Crippen LogP) is 3.80. The fraction of sp³-hybridized carbons (Fsp3) is 0.500. The molecule has 4 heteroatoms. The lowest BCUT2D eigenvalue weighted by molar-refractivity contribution is 0.226. The summed E-state index contributed by atoms with van der Waals surface area (Å²) in [6, 6.07) is 10.4. The topological polar surface area (TPSA) is 29.5 Å². The molecule has 0 fully saturated rings. The minimum Gasteiger partial charge on any atom is -0.479 e. The van der Waals surface area contributed by atoms with E-state index >= 15 is 0 Å². The minimum absolute atomic E-state index is 0.0720. The maximum atomic E-state index is 12.0. The van der Waals surface area contributed by atoms with Gasteiger partial charge in [0.1, 0.15) is 5.75 Å². The zero-order valence-electron chi connectivity index (χ0n) is 11.2. The summed E-state index contributed by atoms with van der Waals surface area (Å²) in [5.41, 5.74) is -0.156. The Kier molecular flexibility index (Phi) is 6.65. The third-order valence-corrected chi connectivity index (χ3v) is 3.68. The Bertz CT molecular complexity index is 352. The average Bonchev–Trinajstić information content (AvgIpc) is 2.40. The SMILES string of the molecule is CCC(Oc1[c]cccc1)SC(=O)N(CC)CC. The highest BCUT2D eigenvalue weighted by Gasteiger charge is 2.18. The molecular formula is C14H20NO2S. The molecule has 1 amide bonds. The van der Waals surface area contributed by atoms with Crippen LogP contribution in [-0.2, 0) is 0 Å². The van der Waals surface area contributed by atoms with Gasteiger partial charge in [-0.15, -0.1) is 0 Å². The molecule has 0 heterocycles. The maximum Gasteiger partial charge on any atom is 0.285 e. The molecule has 0 saturated carbocycles. The highest BCUT2D eigenvalue weighted by atomic mass is 32.2. The zero-order valence-corrected chi connectivity index (χ0v) is 12.0. The van der Waals surface area contributed by atoms with Gasteiger partial charge in [0.25, 0.3) is 5.24 Å². The van der Waals surface area contributed by atoms with Crippen LogP contribution in [0.25, 0.3) is 0 Å². The van der Waals surface area contributed by atoms with Crippen molar-refractivity contribution in [2.45, 2.75) is 32.6 Å². The molecule has 0 saturated heterocycles. The van der Waals surface area contributed by atoms with Gasteiger partial charge < -0.3 is 9.64 Å². The molecule has 0 N–H and O–H groups in total. The molecular weight excluding hydrogens is 246 g/mol. The predicted molar refractivity (Wildman–Crippen MR) is 75.9 cm³/mol. The molecule has 1 atom stereocenters. The summed E-state index contributed by atoms with van der Waals surface area (Å²) in [4.78, 5) is 13.8. The van der Waals surface area contributed by atoms with Crippen molar-refractivity contribution in [3.8, 4) is 5.75 Å². The lowest BCUT2D eigenvalue weighted by atomic mass is 10.3. The lowest BCUT2D eigenvalue weighted by Crippen LogP contribution is -2.29. The fourth-order valence-electron chi connectivity index (χ4n) is 1.45. The van der Waals surface area contributed by atoms with Gasteiger partial charge in [0.15, 0.2) is 5.44 Å². The van der Waals surface area contributed by atoms with Gasteiger partial charge in [-0.3, -0.25) is 4.79 Å². The second kappa shape index (κ2) is 8.03. The van der Waals surface area contributed by atoms with Crippen LogP contribution >= 0.6 is 11.8 Å². The van der Waals surface area contributed by atoms with Gasteiger partial charge in [0.05, 0.1) is 0 Å². The molecule has 0 spiro atoms. The van der Waals surface area contributed by atoms with Crippen LogP contribution in [0.15, 0.2) is 24.3 Å². The first kappa shape index (κ1) is 14.9. The molecule has 99 valence electrons. The Morgan fingerprint density at radius 2 is 2.11 bits per heavy atom. The monoisotopic (exact) mass is 266 g/mol. The van der Waals surface area contributed by atoms with Crippen LogP contribution in [0.1, 0.15) is 27.2 Å². The third-order valence-electron chi connectivity index (χ3n) is 2.53. The van der Waals surface area contributed by atoms with Crippen molar-refractivity contribution >= 4 is 17.0 Å². The molecule has 0 aliphatic heterocycles. The van der Waals surface area contributed by atoms with Gasteiger partial charge in [0.2, 0.25) is 0 Å². The van der Waals surface area contributed by atoms with E-state index in [9.17, 15) is 4.79 Å². The van der Waals surface area contributed by atoms with E-state index in [4.69, 9.17) is 4.74 Å². The second-order valence-corrected chi connectivity index (χ2v) is 4.85. The third kappa shape index (κ3) is 4.61. The van der Waals surface area contributed by atoms with Gasteiger partial charge in [-0.1, -0.05) is 25.1 Å². The van der Waals surface area contributed by atoms with E-state index < -0.39 is 0 Å². The number of ether oxygens (including phenoxy) is 1. The molecule has 0 aliphatic rings.